The molecule has 0 fully saturated rings. The number of esters is 1. The lowest BCUT2D eigenvalue weighted by molar-refractivity contribution is -0.142. The molecule has 0 unspecified atom stereocenters. The molecule has 0 amide bonds. The first-order valence-electron chi connectivity index (χ1n) is 6.66. The van der Waals surface area contributed by atoms with Crippen molar-refractivity contribution in [1.82, 2.24) is 0 Å². The molecule has 116 valence electrons. The van der Waals surface area contributed by atoms with Crippen molar-refractivity contribution in [3.8, 4) is 11.5 Å². The van der Waals surface area contributed by atoms with Crippen LogP contribution in [0.4, 0.5) is 5.69 Å². The van der Waals surface area contributed by atoms with Gasteiger partial charge >= 0.3 is 5.97 Å². The van der Waals surface area contributed by atoms with Crippen LogP contribution in [0.15, 0.2) is 36.4 Å². The molecule has 2 rings (SSSR count). The van der Waals surface area contributed by atoms with Gasteiger partial charge in [-0.25, -0.2) is 0 Å². The second-order valence-electron chi connectivity index (χ2n) is 4.54. The number of halogens is 2. The summed E-state index contributed by atoms with van der Waals surface area (Å²) in [5, 5.41) is 0.779. The number of rotatable bonds is 5. The normalized spacial score (nSPS) is 10.3. The molecule has 0 spiro atoms. The Kier molecular flexibility index (Phi) is 5.52. The molecule has 0 aliphatic rings. The Bertz CT molecular complexity index is 689. The molecule has 0 radical (unpaired) electrons. The molecule has 0 aliphatic heterocycles. The topological polar surface area (TPSA) is 61.5 Å². The van der Waals surface area contributed by atoms with Gasteiger partial charge in [0.1, 0.15) is 11.5 Å². The highest BCUT2D eigenvalue weighted by molar-refractivity contribution is 6.33. The fourth-order valence-electron chi connectivity index (χ4n) is 1.83. The molecule has 2 N–H and O–H groups in total. The third kappa shape index (κ3) is 4.29. The number of carbonyl (C=O) groups excluding carboxylic acids is 1. The minimum atomic E-state index is -0.297. The van der Waals surface area contributed by atoms with Crippen LogP contribution in [-0.2, 0) is 16.0 Å². The van der Waals surface area contributed by atoms with Crippen molar-refractivity contribution in [2.45, 2.75) is 13.3 Å². The molecule has 4 nitrogen and oxygen atoms in total. The Morgan fingerprint density at radius 1 is 1.09 bits per heavy atom. The number of hydrogen-bond acceptors (Lipinski definition) is 4. The Labute approximate surface area is 138 Å². The molecule has 22 heavy (non-hydrogen) atoms. The van der Waals surface area contributed by atoms with Crippen molar-refractivity contribution in [3.05, 3.63) is 52.0 Å². The smallest absolute Gasteiger partial charge is 0.310 e. The largest absolute Gasteiger partial charge is 0.466 e. The van der Waals surface area contributed by atoms with Gasteiger partial charge in [0, 0.05) is 5.69 Å². The zero-order valence-corrected chi connectivity index (χ0v) is 13.4. The van der Waals surface area contributed by atoms with Crippen LogP contribution < -0.4 is 10.5 Å². The van der Waals surface area contributed by atoms with E-state index in [9.17, 15) is 4.79 Å². The monoisotopic (exact) mass is 339 g/mol. The van der Waals surface area contributed by atoms with E-state index in [4.69, 9.17) is 38.4 Å². The number of hydrogen-bond donors (Lipinski definition) is 1. The van der Waals surface area contributed by atoms with E-state index < -0.39 is 0 Å². The number of carbonyl (C=O) groups is 1. The van der Waals surface area contributed by atoms with Crippen LogP contribution in [-0.4, -0.2) is 12.6 Å². The lowest BCUT2D eigenvalue weighted by Crippen LogP contribution is -2.07. The van der Waals surface area contributed by atoms with Crippen LogP contribution in [0.2, 0.25) is 10.0 Å². The Balaban J connectivity index is 2.14. The molecule has 0 aromatic heterocycles. The number of nitrogens with two attached hydrogens (primary N) is 1. The third-order valence-electron chi connectivity index (χ3n) is 2.83. The zero-order valence-electron chi connectivity index (χ0n) is 11.9. The lowest BCUT2D eigenvalue weighted by Gasteiger charge is -2.11. The van der Waals surface area contributed by atoms with Gasteiger partial charge < -0.3 is 15.2 Å². The summed E-state index contributed by atoms with van der Waals surface area (Å²) in [6.07, 6.45) is 0.163. The average Bonchev–Trinajstić information content (AvgIpc) is 2.44. The average molecular weight is 340 g/mol. The van der Waals surface area contributed by atoms with Gasteiger partial charge in [-0.15, -0.1) is 0 Å². The molecule has 2 aromatic rings. The predicted molar refractivity (Wildman–Crippen MR) is 87.7 cm³/mol. The summed E-state index contributed by atoms with van der Waals surface area (Å²) >= 11 is 12.2. The van der Waals surface area contributed by atoms with Gasteiger partial charge in [-0.05, 0) is 42.8 Å². The molecule has 0 saturated heterocycles. The first kappa shape index (κ1) is 16.5. The van der Waals surface area contributed by atoms with Crippen molar-refractivity contribution in [3.63, 3.8) is 0 Å². The van der Waals surface area contributed by atoms with Crippen LogP contribution in [0.5, 0.6) is 11.5 Å². The molecule has 0 heterocycles. The summed E-state index contributed by atoms with van der Waals surface area (Å²) in [5.41, 5.74) is 6.93. The first-order valence-corrected chi connectivity index (χ1v) is 7.42. The van der Waals surface area contributed by atoms with Crippen LogP contribution in [0.1, 0.15) is 12.5 Å². The molecular formula is C16H15Cl2NO3. The van der Waals surface area contributed by atoms with E-state index in [1.165, 1.54) is 0 Å². The predicted octanol–water partition coefficient (Wildman–Crippen LogP) is 4.47. The van der Waals surface area contributed by atoms with E-state index in [0.29, 0.717) is 33.8 Å². The van der Waals surface area contributed by atoms with Crippen molar-refractivity contribution in [1.29, 1.82) is 0 Å². The second kappa shape index (κ2) is 7.38. The third-order valence-corrected chi connectivity index (χ3v) is 3.42. The van der Waals surface area contributed by atoms with E-state index >= 15 is 0 Å². The van der Waals surface area contributed by atoms with Crippen LogP contribution in [0.3, 0.4) is 0 Å². The van der Waals surface area contributed by atoms with Gasteiger partial charge in [0.25, 0.3) is 0 Å². The maximum absolute atomic E-state index is 11.5. The van der Waals surface area contributed by atoms with Crippen LogP contribution >= 0.6 is 23.2 Å². The summed E-state index contributed by atoms with van der Waals surface area (Å²) in [7, 11) is 0. The highest BCUT2D eigenvalue weighted by Gasteiger charge is 2.10. The lowest BCUT2D eigenvalue weighted by atomic mass is 10.1. The number of ether oxygens (including phenoxy) is 2. The van der Waals surface area contributed by atoms with E-state index in [1.54, 1.807) is 43.3 Å². The maximum Gasteiger partial charge on any atom is 0.310 e. The summed E-state index contributed by atoms with van der Waals surface area (Å²) in [4.78, 5) is 11.5. The summed E-state index contributed by atoms with van der Waals surface area (Å²) in [5.74, 6) is 0.602. The van der Waals surface area contributed by atoms with Gasteiger partial charge in [0.2, 0.25) is 0 Å². The van der Waals surface area contributed by atoms with Gasteiger partial charge in [-0.2, -0.15) is 0 Å². The van der Waals surface area contributed by atoms with Gasteiger partial charge in [-0.3, -0.25) is 4.79 Å². The van der Waals surface area contributed by atoms with E-state index in [1.807, 2.05) is 0 Å². The fourth-order valence-corrected chi connectivity index (χ4v) is 2.30. The molecule has 6 heteroatoms. The molecule has 0 aliphatic carbocycles. The minimum absolute atomic E-state index is 0.163. The number of anilines is 1. The van der Waals surface area contributed by atoms with Crippen molar-refractivity contribution < 1.29 is 14.3 Å². The Morgan fingerprint density at radius 2 is 1.73 bits per heavy atom. The molecule has 0 bridgehead atoms. The van der Waals surface area contributed by atoms with E-state index in [2.05, 4.69) is 0 Å². The van der Waals surface area contributed by atoms with Gasteiger partial charge in [0.05, 0.1) is 23.1 Å². The SMILES string of the molecule is CCOC(=O)Cc1ccc(Oc2ccc(N)cc2Cl)c(Cl)c1. The zero-order chi connectivity index (χ0) is 16.1. The molecule has 0 saturated carbocycles. The van der Waals surface area contributed by atoms with Crippen molar-refractivity contribution in [2.75, 3.05) is 12.3 Å². The number of nitrogen functional groups attached to an aromatic ring is 1. The van der Waals surface area contributed by atoms with Gasteiger partial charge in [-0.1, -0.05) is 29.3 Å². The van der Waals surface area contributed by atoms with E-state index in [-0.39, 0.29) is 12.4 Å². The second-order valence-corrected chi connectivity index (χ2v) is 5.35. The Morgan fingerprint density at radius 3 is 2.32 bits per heavy atom. The highest BCUT2D eigenvalue weighted by atomic mass is 35.5. The van der Waals surface area contributed by atoms with Crippen LogP contribution in [0.25, 0.3) is 0 Å². The quantitative estimate of drug-likeness (QED) is 0.644. The standard InChI is InChI=1S/C16H15Cl2NO3/c1-2-21-16(20)8-10-3-5-14(12(17)7-10)22-15-6-4-11(19)9-13(15)18/h3-7,9H,2,8,19H2,1H3. The fraction of sp³-hybridized carbons (Fsp3) is 0.188. The van der Waals surface area contributed by atoms with Gasteiger partial charge in [0.15, 0.2) is 0 Å². The van der Waals surface area contributed by atoms with Crippen molar-refractivity contribution >= 4 is 34.9 Å². The molecule has 0 atom stereocenters. The summed E-state index contributed by atoms with van der Waals surface area (Å²) in [6, 6.07) is 10.1. The summed E-state index contributed by atoms with van der Waals surface area (Å²) in [6.45, 7) is 2.11. The number of benzene rings is 2. The maximum atomic E-state index is 11.5. The van der Waals surface area contributed by atoms with Crippen LogP contribution in [0, 0.1) is 0 Å². The first-order chi connectivity index (χ1) is 10.5. The minimum Gasteiger partial charge on any atom is -0.466 e. The van der Waals surface area contributed by atoms with E-state index in [0.717, 1.165) is 5.56 Å². The molecule has 2 aromatic carbocycles. The summed E-state index contributed by atoms with van der Waals surface area (Å²) < 4.78 is 10.6. The van der Waals surface area contributed by atoms with Crippen molar-refractivity contribution in [2.24, 2.45) is 0 Å². The molecular weight excluding hydrogens is 325 g/mol. The Hall–Kier alpha value is -1.91. The highest BCUT2D eigenvalue weighted by Crippen LogP contribution is 2.34.